The van der Waals surface area contributed by atoms with E-state index in [1.807, 2.05) is 60.7 Å². The molecule has 1 amide bonds. The van der Waals surface area contributed by atoms with Gasteiger partial charge in [-0.05, 0) is 17.5 Å². The molecular weight excluding hydrogens is 314 g/mol. The molecule has 3 rings (SSSR count). The highest BCUT2D eigenvalue weighted by molar-refractivity contribution is 5.92. The van der Waals surface area contributed by atoms with E-state index in [2.05, 4.69) is 15.3 Å². The van der Waals surface area contributed by atoms with E-state index >= 15 is 0 Å². The minimum absolute atomic E-state index is 0.233. The third-order valence-corrected chi connectivity index (χ3v) is 3.65. The van der Waals surface area contributed by atoms with Gasteiger partial charge in [-0.2, -0.15) is 0 Å². The van der Waals surface area contributed by atoms with Crippen LogP contribution in [0.1, 0.15) is 21.6 Å². The molecule has 1 heterocycles. The van der Waals surface area contributed by atoms with Crippen LogP contribution >= 0.6 is 0 Å². The summed E-state index contributed by atoms with van der Waals surface area (Å²) in [6, 6.07) is 21.4. The standard InChI is InChI=1S/C20H19N3O2/c24-20(21-12-11-16-7-3-1-4-8-16)18-13-19(23-15-22-18)25-14-17-9-5-2-6-10-17/h1-10,13,15H,11-12,14H2,(H,21,24). The fourth-order valence-corrected chi connectivity index (χ4v) is 2.33. The minimum Gasteiger partial charge on any atom is -0.473 e. The van der Waals surface area contributed by atoms with Crippen molar-refractivity contribution in [2.45, 2.75) is 13.0 Å². The van der Waals surface area contributed by atoms with E-state index in [4.69, 9.17) is 4.74 Å². The molecule has 0 bridgehead atoms. The van der Waals surface area contributed by atoms with Crippen molar-refractivity contribution in [1.29, 1.82) is 0 Å². The fraction of sp³-hybridized carbons (Fsp3) is 0.150. The highest BCUT2D eigenvalue weighted by atomic mass is 16.5. The molecule has 0 aliphatic heterocycles. The molecule has 0 radical (unpaired) electrons. The number of hydrogen-bond acceptors (Lipinski definition) is 4. The normalized spacial score (nSPS) is 10.2. The summed E-state index contributed by atoms with van der Waals surface area (Å²) in [7, 11) is 0. The molecule has 3 aromatic rings. The zero-order valence-electron chi connectivity index (χ0n) is 13.8. The summed E-state index contributed by atoms with van der Waals surface area (Å²) in [4.78, 5) is 20.3. The quantitative estimate of drug-likeness (QED) is 0.722. The molecule has 0 aliphatic rings. The van der Waals surface area contributed by atoms with Crippen molar-refractivity contribution in [3.05, 3.63) is 89.9 Å². The summed E-state index contributed by atoms with van der Waals surface area (Å²) in [5.41, 5.74) is 2.51. The van der Waals surface area contributed by atoms with Gasteiger partial charge in [0.15, 0.2) is 0 Å². The van der Waals surface area contributed by atoms with E-state index in [-0.39, 0.29) is 5.91 Å². The molecule has 0 saturated carbocycles. The Morgan fingerprint density at radius 3 is 2.32 bits per heavy atom. The van der Waals surface area contributed by atoms with Crippen LogP contribution in [0.3, 0.4) is 0 Å². The van der Waals surface area contributed by atoms with Crippen LogP contribution in [0.5, 0.6) is 5.88 Å². The average molecular weight is 333 g/mol. The van der Waals surface area contributed by atoms with Crippen molar-refractivity contribution in [2.75, 3.05) is 6.54 Å². The maximum absolute atomic E-state index is 12.2. The number of carbonyl (C=O) groups is 1. The van der Waals surface area contributed by atoms with Crippen molar-refractivity contribution in [3.8, 4) is 5.88 Å². The topological polar surface area (TPSA) is 64.1 Å². The number of nitrogens with zero attached hydrogens (tertiary/aromatic N) is 2. The summed E-state index contributed by atoms with van der Waals surface area (Å²) < 4.78 is 5.63. The molecule has 0 unspecified atom stereocenters. The van der Waals surface area contributed by atoms with Gasteiger partial charge >= 0.3 is 0 Å². The summed E-state index contributed by atoms with van der Waals surface area (Å²) in [5.74, 6) is 0.148. The molecule has 0 saturated heterocycles. The van der Waals surface area contributed by atoms with Crippen molar-refractivity contribution in [1.82, 2.24) is 15.3 Å². The van der Waals surface area contributed by atoms with Crippen molar-refractivity contribution >= 4 is 5.91 Å². The minimum atomic E-state index is -0.233. The summed E-state index contributed by atoms with van der Waals surface area (Å²) in [6.45, 7) is 0.944. The number of ether oxygens (including phenoxy) is 1. The second-order valence-corrected chi connectivity index (χ2v) is 5.51. The van der Waals surface area contributed by atoms with Crippen LogP contribution in [-0.2, 0) is 13.0 Å². The van der Waals surface area contributed by atoms with Crippen LogP contribution in [0.4, 0.5) is 0 Å². The Bertz CT molecular complexity index is 807. The van der Waals surface area contributed by atoms with Crippen LogP contribution in [0.15, 0.2) is 73.1 Å². The second kappa shape index (κ2) is 8.59. The number of amides is 1. The third-order valence-electron chi connectivity index (χ3n) is 3.65. The number of nitrogens with one attached hydrogen (secondary N) is 1. The predicted molar refractivity (Wildman–Crippen MR) is 95.3 cm³/mol. The Balaban J connectivity index is 1.52. The SMILES string of the molecule is O=C(NCCc1ccccc1)c1cc(OCc2ccccc2)ncn1. The molecular formula is C20H19N3O2. The van der Waals surface area contributed by atoms with Crippen LogP contribution in [0.2, 0.25) is 0 Å². The number of aromatic nitrogens is 2. The van der Waals surface area contributed by atoms with E-state index in [0.29, 0.717) is 24.7 Å². The van der Waals surface area contributed by atoms with E-state index in [1.165, 1.54) is 11.9 Å². The Hall–Kier alpha value is -3.21. The molecule has 5 heteroatoms. The molecule has 1 N–H and O–H groups in total. The molecule has 25 heavy (non-hydrogen) atoms. The van der Waals surface area contributed by atoms with Crippen LogP contribution in [-0.4, -0.2) is 22.4 Å². The lowest BCUT2D eigenvalue weighted by atomic mass is 10.1. The lowest BCUT2D eigenvalue weighted by molar-refractivity contribution is 0.0948. The number of rotatable bonds is 7. The van der Waals surface area contributed by atoms with Crippen molar-refractivity contribution in [3.63, 3.8) is 0 Å². The van der Waals surface area contributed by atoms with Crippen LogP contribution < -0.4 is 10.1 Å². The maximum Gasteiger partial charge on any atom is 0.270 e. The maximum atomic E-state index is 12.2. The summed E-state index contributed by atoms with van der Waals surface area (Å²) in [5, 5.41) is 2.86. The first-order valence-electron chi connectivity index (χ1n) is 8.12. The van der Waals surface area contributed by atoms with E-state index in [1.54, 1.807) is 6.07 Å². The first-order chi connectivity index (χ1) is 12.3. The molecule has 0 aliphatic carbocycles. The third kappa shape index (κ3) is 5.14. The largest absolute Gasteiger partial charge is 0.473 e. The van der Waals surface area contributed by atoms with E-state index in [9.17, 15) is 4.79 Å². The predicted octanol–water partition coefficient (Wildman–Crippen LogP) is 3.03. The van der Waals surface area contributed by atoms with Gasteiger partial charge in [-0.15, -0.1) is 0 Å². The van der Waals surface area contributed by atoms with E-state index in [0.717, 1.165) is 12.0 Å². The molecule has 1 aromatic heterocycles. The van der Waals surface area contributed by atoms with Gasteiger partial charge in [0, 0.05) is 12.6 Å². The summed E-state index contributed by atoms with van der Waals surface area (Å²) in [6.07, 6.45) is 2.11. The number of hydrogen-bond donors (Lipinski definition) is 1. The first kappa shape index (κ1) is 16.6. The second-order valence-electron chi connectivity index (χ2n) is 5.51. The monoisotopic (exact) mass is 333 g/mol. The van der Waals surface area contributed by atoms with Gasteiger partial charge in [-0.1, -0.05) is 60.7 Å². The zero-order valence-corrected chi connectivity index (χ0v) is 13.8. The molecule has 0 atom stereocenters. The van der Waals surface area contributed by atoms with Gasteiger partial charge in [0.25, 0.3) is 5.91 Å². The van der Waals surface area contributed by atoms with Gasteiger partial charge < -0.3 is 10.1 Å². The highest BCUT2D eigenvalue weighted by Crippen LogP contribution is 2.10. The van der Waals surface area contributed by atoms with Gasteiger partial charge in [0.05, 0.1) is 0 Å². The smallest absolute Gasteiger partial charge is 0.270 e. The average Bonchev–Trinajstić information content (AvgIpc) is 2.68. The van der Waals surface area contributed by atoms with Gasteiger partial charge in [-0.25, -0.2) is 9.97 Å². The highest BCUT2D eigenvalue weighted by Gasteiger charge is 2.09. The lowest BCUT2D eigenvalue weighted by Crippen LogP contribution is -2.26. The Labute approximate surface area is 146 Å². The number of carbonyl (C=O) groups excluding carboxylic acids is 1. The Morgan fingerprint density at radius 1 is 0.920 bits per heavy atom. The Morgan fingerprint density at radius 2 is 1.60 bits per heavy atom. The van der Waals surface area contributed by atoms with Crippen molar-refractivity contribution < 1.29 is 9.53 Å². The van der Waals surface area contributed by atoms with Gasteiger partial charge in [0.1, 0.15) is 18.6 Å². The molecule has 5 nitrogen and oxygen atoms in total. The van der Waals surface area contributed by atoms with Crippen LogP contribution in [0.25, 0.3) is 0 Å². The first-order valence-corrected chi connectivity index (χ1v) is 8.12. The molecule has 0 fully saturated rings. The Kier molecular flexibility index (Phi) is 5.72. The van der Waals surface area contributed by atoms with Gasteiger partial charge in [-0.3, -0.25) is 4.79 Å². The zero-order chi connectivity index (χ0) is 17.3. The molecule has 126 valence electrons. The van der Waals surface area contributed by atoms with Crippen LogP contribution in [0, 0.1) is 0 Å². The van der Waals surface area contributed by atoms with Crippen molar-refractivity contribution in [2.24, 2.45) is 0 Å². The summed E-state index contributed by atoms with van der Waals surface area (Å²) >= 11 is 0. The van der Waals surface area contributed by atoms with Gasteiger partial charge in [0.2, 0.25) is 5.88 Å². The molecule has 2 aromatic carbocycles. The fourth-order valence-electron chi connectivity index (χ4n) is 2.33. The molecule has 0 spiro atoms. The van der Waals surface area contributed by atoms with E-state index < -0.39 is 0 Å². The number of benzene rings is 2. The lowest BCUT2D eigenvalue weighted by Gasteiger charge is -2.07.